The number of oxazole rings is 1. The Morgan fingerprint density at radius 1 is 1.03 bits per heavy atom. The van der Waals surface area contributed by atoms with Crippen LogP contribution in [-0.4, -0.2) is 51.9 Å². The van der Waals surface area contributed by atoms with Gasteiger partial charge in [-0.3, -0.25) is 14.7 Å². The number of carbonyl (C=O) groups excluding carboxylic acids is 1. The number of rotatable bonds is 6. The Morgan fingerprint density at radius 3 is 2.55 bits per heavy atom. The summed E-state index contributed by atoms with van der Waals surface area (Å²) in [6.45, 7) is 3.94. The SMILES string of the molecule is O=C(CCc1ncc(-c2ccc(F)cc2)o1)N1CCN(Cc2ccccn2)CC1. The van der Waals surface area contributed by atoms with Crippen LogP contribution in [0.3, 0.4) is 0 Å². The highest BCUT2D eigenvalue weighted by molar-refractivity contribution is 5.76. The van der Waals surface area contributed by atoms with E-state index in [1.807, 2.05) is 23.1 Å². The van der Waals surface area contributed by atoms with Crippen molar-refractivity contribution in [1.29, 1.82) is 0 Å². The number of amides is 1. The number of halogens is 1. The fourth-order valence-electron chi connectivity index (χ4n) is 3.42. The molecule has 0 spiro atoms. The topological polar surface area (TPSA) is 62.5 Å². The van der Waals surface area contributed by atoms with E-state index in [4.69, 9.17) is 4.42 Å². The fraction of sp³-hybridized carbons (Fsp3) is 0.318. The highest BCUT2D eigenvalue weighted by atomic mass is 19.1. The maximum absolute atomic E-state index is 13.0. The number of nitrogens with zero attached hydrogens (tertiary/aromatic N) is 4. The Kier molecular flexibility index (Phi) is 5.95. The van der Waals surface area contributed by atoms with E-state index >= 15 is 0 Å². The van der Waals surface area contributed by atoms with Gasteiger partial charge < -0.3 is 9.32 Å². The largest absolute Gasteiger partial charge is 0.441 e. The van der Waals surface area contributed by atoms with Gasteiger partial charge in [0.15, 0.2) is 11.7 Å². The Bertz CT molecular complexity index is 935. The van der Waals surface area contributed by atoms with Crippen LogP contribution in [0.2, 0.25) is 0 Å². The first-order valence-corrected chi connectivity index (χ1v) is 9.78. The molecule has 4 rings (SSSR count). The summed E-state index contributed by atoms with van der Waals surface area (Å²) >= 11 is 0. The first kappa shape index (κ1) is 19.3. The molecule has 6 nitrogen and oxygen atoms in total. The lowest BCUT2D eigenvalue weighted by Crippen LogP contribution is -2.48. The van der Waals surface area contributed by atoms with E-state index in [0.717, 1.165) is 44.0 Å². The van der Waals surface area contributed by atoms with Crippen LogP contribution in [0.25, 0.3) is 11.3 Å². The molecule has 1 amide bonds. The maximum atomic E-state index is 13.0. The van der Waals surface area contributed by atoms with Gasteiger partial charge in [-0.05, 0) is 36.4 Å². The van der Waals surface area contributed by atoms with Crippen LogP contribution in [0.15, 0.2) is 59.3 Å². The van der Waals surface area contributed by atoms with Crippen LogP contribution in [0.1, 0.15) is 18.0 Å². The molecule has 0 aliphatic carbocycles. The summed E-state index contributed by atoms with van der Waals surface area (Å²) in [5, 5.41) is 0. The normalized spacial score (nSPS) is 14.9. The molecule has 3 heterocycles. The lowest BCUT2D eigenvalue weighted by Gasteiger charge is -2.34. The van der Waals surface area contributed by atoms with Gasteiger partial charge in [0.2, 0.25) is 5.91 Å². The van der Waals surface area contributed by atoms with Crippen LogP contribution >= 0.6 is 0 Å². The predicted octanol–water partition coefficient (Wildman–Crippen LogP) is 3.15. The maximum Gasteiger partial charge on any atom is 0.223 e. The quantitative estimate of drug-likeness (QED) is 0.643. The molecule has 1 saturated heterocycles. The van der Waals surface area contributed by atoms with Gasteiger partial charge in [-0.2, -0.15) is 0 Å². The smallest absolute Gasteiger partial charge is 0.223 e. The molecule has 0 radical (unpaired) electrons. The first-order chi connectivity index (χ1) is 14.2. The van der Waals surface area contributed by atoms with Gasteiger partial charge in [-0.15, -0.1) is 0 Å². The van der Waals surface area contributed by atoms with Crippen LogP contribution < -0.4 is 0 Å². The second kappa shape index (κ2) is 8.96. The van der Waals surface area contributed by atoms with E-state index < -0.39 is 0 Å². The Balaban J connectivity index is 1.24. The van der Waals surface area contributed by atoms with E-state index in [-0.39, 0.29) is 11.7 Å². The average Bonchev–Trinajstić information content (AvgIpc) is 3.23. The van der Waals surface area contributed by atoms with Crippen molar-refractivity contribution in [3.63, 3.8) is 0 Å². The number of piperazine rings is 1. The van der Waals surface area contributed by atoms with Crippen molar-refractivity contribution in [3.8, 4) is 11.3 Å². The molecule has 0 unspecified atom stereocenters. The minimum Gasteiger partial charge on any atom is -0.441 e. The van der Waals surface area contributed by atoms with E-state index in [0.29, 0.717) is 24.5 Å². The molecular weight excluding hydrogens is 371 g/mol. The molecule has 7 heteroatoms. The number of aromatic nitrogens is 2. The molecule has 1 aromatic carbocycles. The zero-order chi connectivity index (χ0) is 20.1. The highest BCUT2D eigenvalue weighted by Crippen LogP contribution is 2.21. The third-order valence-electron chi connectivity index (χ3n) is 5.07. The Hall–Kier alpha value is -3.06. The number of hydrogen-bond acceptors (Lipinski definition) is 5. The molecule has 1 fully saturated rings. The summed E-state index contributed by atoms with van der Waals surface area (Å²) in [6, 6.07) is 12.0. The molecule has 3 aromatic rings. The van der Waals surface area contributed by atoms with Crippen molar-refractivity contribution in [2.45, 2.75) is 19.4 Å². The first-order valence-electron chi connectivity index (χ1n) is 9.78. The van der Waals surface area contributed by atoms with Gasteiger partial charge in [0, 0.05) is 57.3 Å². The lowest BCUT2D eigenvalue weighted by molar-refractivity contribution is -0.133. The fourth-order valence-corrected chi connectivity index (χ4v) is 3.42. The van der Waals surface area contributed by atoms with Crippen LogP contribution in [0.5, 0.6) is 0 Å². The molecule has 1 aliphatic heterocycles. The van der Waals surface area contributed by atoms with E-state index in [1.165, 1.54) is 12.1 Å². The number of benzene rings is 1. The summed E-state index contributed by atoms with van der Waals surface area (Å²) in [7, 11) is 0. The van der Waals surface area contributed by atoms with Crippen LogP contribution in [-0.2, 0) is 17.8 Å². The van der Waals surface area contributed by atoms with Gasteiger partial charge in [-0.25, -0.2) is 9.37 Å². The van der Waals surface area contributed by atoms with Crippen molar-refractivity contribution < 1.29 is 13.6 Å². The molecule has 1 aliphatic rings. The number of pyridine rings is 1. The van der Waals surface area contributed by atoms with Crippen LogP contribution in [0, 0.1) is 5.82 Å². The Morgan fingerprint density at radius 2 is 1.83 bits per heavy atom. The van der Waals surface area contributed by atoms with E-state index in [9.17, 15) is 9.18 Å². The molecule has 150 valence electrons. The molecule has 0 saturated carbocycles. The molecule has 2 aromatic heterocycles. The summed E-state index contributed by atoms with van der Waals surface area (Å²) in [5.74, 6) is 0.922. The van der Waals surface area contributed by atoms with Crippen molar-refractivity contribution in [3.05, 3.63) is 72.3 Å². The van der Waals surface area contributed by atoms with E-state index in [1.54, 1.807) is 24.5 Å². The van der Waals surface area contributed by atoms with Gasteiger partial charge in [-0.1, -0.05) is 6.07 Å². The second-order valence-corrected chi connectivity index (χ2v) is 7.10. The summed E-state index contributed by atoms with van der Waals surface area (Å²) in [6.07, 6.45) is 4.24. The molecule has 0 atom stereocenters. The minimum atomic E-state index is -0.292. The van der Waals surface area contributed by atoms with Crippen molar-refractivity contribution in [1.82, 2.24) is 19.8 Å². The van der Waals surface area contributed by atoms with Crippen LogP contribution in [0.4, 0.5) is 4.39 Å². The van der Waals surface area contributed by atoms with Gasteiger partial charge in [0.25, 0.3) is 0 Å². The second-order valence-electron chi connectivity index (χ2n) is 7.10. The summed E-state index contributed by atoms with van der Waals surface area (Å²) in [5.41, 5.74) is 1.81. The zero-order valence-electron chi connectivity index (χ0n) is 16.1. The lowest BCUT2D eigenvalue weighted by atomic mass is 10.2. The third-order valence-corrected chi connectivity index (χ3v) is 5.07. The number of hydrogen-bond donors (Lipinski definition) is 0. The monoisotopic (exact) mass is 394 g/mol. The predicted molar refractivity (Wildman–Crippen MR) is 106 cm³/mol. The van der Waals surface area contributed by atoms with Crippen molar-refractivity contribution in [2.24, 2.45) is 0 Å². The number of carbonyl (C=O) groups is 1. The number of aryl methyl sites for hydroxylation is 1. The van der Waals surface area contributed by atoms with Crippen molar-refractivity contribution >= 4 is 5.91 Å². The molecular formula is C22H23FN4O2. The summed E-state index contributed by atoms with van der Waals surface area (Å²) < 4.78 is 18.7. The molecule has 29 heavy (non-hydrogen) atoms. The Labute approximate surface area is 169 Å². The minimum absolute atomic E-state index is 0.115. The highest BCUT2D eigenvalue weighted by Gasteiger charge is 2.21. The van der Waals surface area contributed by atoms with Gasteiger partial charge in [0.05, 0.1) is 11.9 Å². The summed E-state index contributed by atoms with van der Waals surface area (Å²) in [4.78, 5) is 25.4. The van der Waals surface area contributed by atoms with Gasteiger partial charge in [0.1, 0.15) is 5.82 Å². The zero-order valence-corrected chi connectivity index (χ0v) is 16.1. The molecule has 0 bridgehead atoms. The third kappa shape index (κ3) is 5.06. The van der Waals surface area contributed by atoms with Crippen molar-refractivity contribution in [2.75, 3.05) is 26.2 Å². The standard InChI is InChI=1S/C22H23FN4O2/c23-18-6-4-17(5-7-18)20-15-25-21(29-20)8-9-22(28)27-13-11-26(12-14-27)16-19-3-1-2-10-24-19/h1-7,10,15H,8-9,11-14,16H2. The van der Waals surface area contributed by atoms with Gasteiger partial charge >= 0.3 is 0 Å². The molecule has 0 N–H and O–H groups in total. The average molecular weight is 394 g/mol. The van der Waals surface area contributed by atoms with E-state index in [2.05, 4.69) is 14.9 Å².